The minimum absolute atomic E-state index is 0.0783. The van der Waals surface area contributed by atoms with Crippen molar-refractivity contribution in [2.45, 2.75) is 38.7 Å². The van der Waals surface area contributed by atoms with Crippen molar-refractivity contribution in [2.75, 3.05) is 61.2 Å². The molecule has 2 atom stereocenters. The van der Waals surface area contributed by atoms with Crippen molar-refractivity contribution in [3.8, 4) is 11.4 Å². The second-order valence-electron chi connectivity index (χ2n) is 9.69. The smallest absolute Gasteiger partial charge is 0.378 e. The quantitative estimate of drug-likeness (QED) is 0.368. The molecule has 2 saturated heterocycles. The number of rotatable bonds is 4. The van der Waals surface area contributed by atoms with E-state index in [1.807, 2.05) is 23.6 Å². The summed E-state index contributed by atoms with van der Waals surface area (Å²) in [6.07, 6.45) is -0.843. The number of anilines is 3. The largest absolute Gasteiger partial charge is 0.406 e. The van der Waals surface area contributed by atoms with Crippen molar-refractivity contribution in [1.29, 1.82) is 0 Å². The Hall–Kier alpha value is -3.35. The zero-order valence-electron chi connectivity index (χ0n) is 22.1. The van der Waals surface area contributed by atoms with E-state index in [9.17, 15) is 21.6 Å². The van der Waals surface area contributed by atoms with Crippen molar-refractivity contribution in [2.24, 2.45) is 0 Å². The molecular weight excluding hydrogens is 557 g/mol. The van der Waals surface area contributed by atoms with Crippen molar-refractivity contribution in [1.82, 2.24) is 34.8 Å². The predicted molar refractivity (Wildman–Crippen MR) is 142 cm³/mol. The highest BCUT2D eigenvalue weighted by Gasteiger charge is 2.35. The fourth-order valence-electron chi connectivity index (χ4n) is 4.61. The third kappa shape index (κ3) is 7.64. The van der Waals surface area contributed by atoms with Gasteiger partial charge in [0.15, 0.2) is 22.8 Å². The first-order chi connectivity index (χ1) is 18.7. The van der Waals surface area contributed by atoms with E-state index in [-0.39, 0.29) is 35.5 Å². The highest BCUT2D eigenvalue weighted by Crippen LogP contribution is 2.33. The van der Waals surface area contributed by atoms with Crippen LogP contribution < -0.4 is 20.9 Å². The Kier molecular flexibility index (Phi) is 8.62. The maximum atomic E-state index is 13.8. The van der Waals surface area contributed by atoms with Gasteiger partial charge in [-0.25, -0.2) is 24.9 Å². The van der Waals surface area contributed by atoms with Crippen LogP contribution in [-0.4, -0.2) is 106 Å². The maximum Gasteiger partial charge on any atom is 0.406 e. The van der Waals surface area contributed by atoms with Gasteiger partial charge in [-0.15, -0.1) is 0 Å². The van der Waals surface area contributed by atoms with E-state index in [0.717, 1.165) is 4.57 Å². The lowest BCUT2D eigenvalue weighted by Gasteiger charge is -2.37. The summed E-state index contributed by atoms with van der Waals surface area (Å²) in [5.41, 5.74) is 6.49. The molecule has 220 valence electrons. The third-order valence-electron chi connectivity index (χ3n) is 5.97. The van der Waals surface area contributed by atoms with Crippen molar-refractivity contribution in [3.05, 3.63) is 12.4 Å². The van der Waals surface area contributed by atoms with Gasteiger partial charge in [0, 0.05) is 50.7 Å². The Morgan fingerprint density at radius 3 is 2.20 bits per heavy atom. The summed E-state index contributed by atoms with van der Waals surface area (Å²) in [5, 5.41) is 3.40. The molecule has 5 rings (SSSR count). The molecule has 4 N–H and O–H groups in total. The number of imidazole rings is 1. The minimum atomic E-state index is -4.47. The van der Waals surface area contributed by atoms with Crippen LogP contribution in [0.5, 0.6) is 0 Å². The number of morpholine rings is 1. The molecule has 5 heterocycles. The number of ether oxygens (including phenoxy) is 1. The van der Waals surface area contributed by atoms with Gasteiger partial charge in [0.05, 0.1) is 25.0 Å². The zero-order valence-corrected chi connectivity index (χ0v) is 22.9. The van der Waals surface area contributed by atoms with Gasteiger partial charge in [-0.1, -0.05) is 0 Å². The SMILES string of the molecule is CC1CN(c2nc3c(N4CCOCC4)nc(-c4cnc(N)nc4)nc3n2CC(F)(F)F)CC(C)N1.CS(=O)(=O)O. The molecule has 0 amide bonds. The number of nitrogens with two attached hydrogens (primary N) is 1. The van der Waals surface area contributed by atoms with Crippen LogP contribution in [0.25, 0.3) is 22.6 Å². The lowest BCUT2D eigenvalue weighted by atomic mass is 10.1. The predicted octanol–water partition coefficient (Wildman–Crippen LogP) is 0.955. The molecule has 0 aromatic carbocycles. The van der Waals surface area contributed by atoms with E-state index in [1.54, 1.807) is 0 Å². The highest BCUT2D eigenvalue weighted by molar-refractivity contribution is 7.85. The summed E-state index contributed by atoms with van der Waals surface area (Å²) in [7, 11) is -3.67. The fourth-order valence-corrected chi connectivity index (χ4v) is 4.61. The Morgan fingerprint density at radius 2 is 1.65 bits per heavy atom. The second kappa shape index (κ2) is 11.6. The Balaban J connectivity index is 0.000000681. The number of piperazine rings is 1. The molecule has 0 aliphatic carbocycles. The molecule has 2 aliphatic rings. The van der Waals surface area contributed by atoms with Crippen LogP contribution in [0.2, 0.25) is 0 Å². The number of nitrogen functional groups attached to an aromatic ring is 1. The molecule has 2 aliphatic heterocycles. The Morgan fingerprint density at radius 1 is 1.07 bits per heavy atom. The van der Waals surface area contributed by atoms with Gasteiger partial charge in [-0.3, -0.25) is 9.12 Å². The summed E-state index contributed by atoms with van der Waals surface area (Å²) >= 11 is 0. The molecule has 14 nitrogen and oxygen atoms in total. The maximum absolute atomic E-state index is 13.8. The Bertz CT molecular complexity index is 1410. The lowest BCUT2D eigenvalue weighted by Crippen LogP contribution is -2.55. The molecule has 3 aromatic heterocycles. The lowest BCUT2D eigenvalue weighted by molar-refractivity contribution is -0.139. The van der Waals surface area contributed by atoms with Gasteiger partial charge < -0.3 is 25.6 Å². The average Bonchev–Trinajstić information content (AvgIpc) is 3.20. The average molecular weight is 589 g/mol. The van der Waals surface area contributed by atoms with Gasteiger partial charge in [-0.05, 0) is 13.8 Å². The van der Waals surface area contributed by atoms with Crippen LogP contribution in [0.15, 0.2) is 12.4 Å². The first-order valence-electron chi connectivity index (χ1n) is 12.4. The van der Waals surface area contributed by atoms with E-state index < -0.39 is 22.8 Å². The van der Waals surface area contributed by atoms with E-state index in [4.69, 9.17) is 25.0 Å². The van der Waals surface area contributed by atoms with Crippen molar-refractivity contribution >= 4 is 39.0 Å². The summed E-state index contributed by atoms with van der Waals surface area (Å²) in [6, 6.07) is 0.176. The summed E-state index contributed by atoms with van der Waals surface area (Å²) in [6.45, 7) is 5.84. The second-order valence-corrected chi connectivity index (χ2v) is 11.2. The number of hydrogen-bond acceptors (Lipinski definition) is 12. The zero-order chi connectivity index (χ0) is 29.2. The number of aromatic nitrogens is 6. The van der Waals surface area contributed by atoms with Crippen LogP contribution in [0.4, 0.5) is 30.9 Å². The summed E-state index contributed by atoms with van der Waals surface area (Å²) < 4.78 is 73.8. The number of hydrogen-bond donors (Lipinski definition) is 3. The van der Waals surface area contributed by atoms with Gasteiger partial charge in [-0.2, -0.15) is 21.6 Å². The van der Waals surface area contributed by atoms with E-state index in [0.29, 0.717) is 62.5 Å². The minimum Gasteiger partial charge on any atom is -0.378 e. The summed E-state index contributed by atoms with van der Waals surface area (Å²) in [5.74, 6) is 0.973. The molecule has 2 unspecified atom stereocenters. The molecule has 40 heavy (non-hydrogen) atoms. The monoisotopic (exact) mass is 588 g/mol. The molecule has 2 fully saturated rings. The van der Waals surface area contributed by atoms with Gasteiger partial charge in [0.1, 0.15) is 6.54 Å². The van der Waals surface area contributed by atoms with Gasteiger partial charge in [0.2, 0.25) is 11.9 Å². The molecule has 0 radical (unpaired) electrons. The topological polar surface area (TPSA) is 178 Å². The van der Waals surface area contributed by atoms with Crippen LogP contribution >= 0.6 is 0 Å². The van der Waals surface area contributed by atoms with Gasteiger partial charge in [0.25, 0.3) is 10.1 Å². The standard InChI is InChI=1S/C21H27F3N10O.CH4O3S/c1-12-9-33(10-13(2)28-12)20-29-15-17(32-3-5-35-6-4-32)30-16(14-7-26-19(25)27-8-14)31-18(15)34(20)11-21(22,23)24;1-5(2,3)4/h7-8,12-13,28H,3-6,9-11H2,1-2H3,(H2,25,26,27);1H3,(H,2,3,4). The number of halogens is 3. The highest BCUT2D eigenvalue weighted by atomic mass is 32.2. The number of alkyl halides is 3. The van der Waals surface area contributed by atoms with Crippen LogP contribution in [0, 0.1) is 0 Å². The molecule has 0 spiro atoms. The number of fused-ring (bicyclic) bond motifs is 1. The van der Waals surface area contributed by atoms with E-state index in [2.05, 4.69) is 20.3 Å². The fraction of sp³-hybridized carbons (Fsp3) is 0.591. The first-order valence-corrected chi connectivity index (χ1v) is 14.2. The van der Waals surface area contributed by atoms with Crippen LogP contribution in [-0.2, 0) is 21.4 Å². The van der Waals surface area contributed by atoms with E-state index >= 15 is 0 Å². The molecule has 0 saturated carbocycles. The normalized spacial score (nSPS) is 20.4. The van der Waals surface area contributed by atoms with Crippen LogP contribution in [0.3, 0.4) is 0 Å². The first kappa shape index (κ1) is 29.6. The molecule has 18 heteroatoms. The van der Waals surface area contributed by atoms with Gasteiger partial charge >= 0.3 is 6.18 Å². The van der Waals surface area contributed by atoms with Crippen molar-refractivity contribution < 1.29 is 30.9 Å². The third-order valence-corrected chi connectivity index (χ3v) is 5.97. The number of nitrogens with one attached hydrogen (secondary N) is 1. The Labute approximate surface area is 228 Å². The molecule has 3 aromatic rings. The van der Waals surface area contributed by atoms with E-state index in [1.165, 1.54) is 12.4 Å². The van der Waals surface area contributed by atoms with Crippen LogP contribution in [0.1, 0.15) is 13.8 Å². The van der Waals surface area contributed by atoms with Crippen molar-refractivity contribution in [3.63, 3.8) is 0 Å². The number of nitrogens with zero attached hydrogens (tertiary/aromatic N) is 8. The molecule has 0 bridgehead atoms. The molecular formula is C22H31F3N10O4S. The summed E-state index contributed by atoms with van der Waals surface area (Å²) in [4.78, 5) is 25.8.